The molecular weight excluding hydrogens is 396 g/mol. The molecule has 7 nitrogen and oxygen atoms in total. The quantitative estimate of drug-likeness (QED) is 0.438. The van der Waals surface area contributed by atoms with Gasteiger partial charge in [-0.15, -0.1) is 0 Å². The van der Waals surface area contributed by atoms with Crippen LogP contribution in [0.4, 0.5) is 0 Å². The lowest BCUT2D eigenvalue weighted by atomic mass is 9.95. The second-order valence-corrected chi connectivity index (χ2v) is 7.59. The predicted octanol–water partition coefficient (Wildman–Crippen LogP) is 2.45. The van der Waals surface area contributed by atoms with Crippen LogP contribution in [0.3, 0.4) is 0 Å². The third-order valence-electron chi connectivity index (χ3n) is 5.78. The van der Waals surface area contributed by atoms with Gasteiger partial charge in [0, 0.05) is 31.7 Å². The van der Waals surface area contributed by atoms with Crippen molar-refractivity contribution in [1.82, 2.24) is 9.80 Å². The van der Waals surface area contributed by atoms with E-state index in [-0.39, 0.29) is 11.3 Å². The summed E-state index contributed by atoms with van der Waals surface area (Å²) in [6.07, 6.45) is 0. The molecule has 0 radical (unpaired) electrons. The number of morpholine rings is 1. The first-order valence-corrected chi connectivity index (χ1v) is 10.4. The average Bonchev–Trinajstić information content (AvgIpc) is 3.08. The van der Waals surface area contributed by atoms with Crippen LogP contribution in [-0.4, -0.2) is 73.1 Å². The topological polar surface area (TPSA) is 79.3 Å². The second-order valence-electron chi connectivity index (χ2n) is 7.59. The van der Waals surface area contributed by atoms with E-state index in [1.807, 2.05) is 18.2 Å². The highest BCUT2D eigenvalue weighted by atomic mass is 16.5. The number of ketones is 1. The number of benzene rings is 2. The van der Waals surface area contributed by atoms with E-state index in [1.54, 1.807) is 48.4 Å². The number of amides is 1. The molecule has 0 unspecified atom stereocenters. The molecule has 4 rings (SSSR count). The van der Waals surface area contributed by atoms with Gasteiger partial charge in [-0.1, -0.05) is 42.5 Å². The molecule has 2 saturated heterocycles. The first kappa shape index (κ1) is 21.1. The number of methoxy groups -OCH3 is 1. The maximum atomic E-state index is 13.0. The van der Waals surface area contributed by atoms with Crippen molar-refractivity contribution < 1.29 is 24.2 Å². The average molecular weight is 422 g/mol. The standard InChI is InChI=1S/C24H26N2O5/c1-30-19-9-7-17(8-10-19)21-20(22(27)18-5-3-2-4-6-18)23(28)24(29)26(21)12-11-25-13-15-31-16-14-25/h2-10,21,27H,11-16H2,1H3/b22-20+/t21-/m1/s1. The normalized spacial score (nSPS) is 21.5. The Morgan fingerprint density at radius 2 is 1.71 bits per heavy atom. The third kappa shape index (κ3) is 4.33. The Kier molecular flexibility index (Phi) is 6.34. The van der Waals surface area contributed by atoms with Crippen LogP contribution in [0.1, 0.15) is 17.2 Å². The monoisotopic (exact) mass is 422 g/mol. The molecule has 1 N–H and O–H groups in total. The molecule has 2 aromatic carbocycles. The minimum absolute atomic E-state index is 0.114. The van der Waals surface area contributed by atoms with Crippen molar-refractivity contribution in [3.63, 3.8) is 0 Å². The molecule has 0 spiro atoms. The van der Waals surface area contributed by atoms with Gasteiger partial charge in [0.15, 0.2) is 0 Å². The number of aliphatic hydroxyl groups is 1. The van der Waals surface area contributed by atoms with Gasteiger partial charge in [0.25, 0.3) is 11.7 Å². The highest BCUT2D eigenvalue weighted by Crippen LogP contribution is 2.39. The molecule has 0 bridgehead atoms. The van der Waals surface area contributed by atoms with Crippen LogP contribution in [-0.2, 0) is 14.3 Å². The molecule has 0 saturated carbocycles. The summed E-state index contributed by atoms with van der Waals surface area (Å²) in [6.45, 7) is 3.92. The van der Waals surface area contributed by atoms with Crippen molar-refractivity contribution in [3.8, 4) is 5.75 Å². The van der Waals surface area contributed by atoms with Gasteiger partial charge in [-0.2, -0.15) is 0 Å². The number of ether oxygens (including phenoxy) is 2. The number of nitrogens with zero attached hydrogens (tertiary/aromatic N) is 2. The molecule has 1 atom stereocenters. The molecule has 2 aromatic rings. The summed E-state index contributed by atoms with van der Waals surface area (Å²) in [4.78, 5) is 29.8. The molecule has 2 aliphatic heterocycles. The summed E-state index contributed by atoms with van der Waals surface area (Å²) in [7, 11) is 1.58. The van der Waals surface area contributed by atoms with Crippen molar-refractivity contribution in [3.05, 3.63) is 71.3 Å². The number of aliphatic hydroxyl groups excluding tert-OH is 1. The van der Waals surface area contributed by atoms with Crippen molar-refractivity contribution in [2.24, 2.45) is 0 Å². The second kappa shape index (κ2) is 9.32. The van der Waals surface area contributed by atoms with Gasteiger partial charge in [-0.3, -0.25) is 14.5 Å². The lowest BCUT2D eigenvalue weighted by Gasteiger charge is -2.31. The maximum absolute atomic E-state index is 13.0. The molecule has 162 valence electrons. The van der Waals surface area contributed by atoms with Gasteiger partial charge in [0.05, 0.1) is 31.9 Å². The van der Waals surface area contributed by atoms with Gasteiger partial charge < -0.3 is 19.5 Å². The van der Waals surface area contributed by atoms with Gasteiger partial charge in [-0.05, 0) is 17.7 Å². The van der Waals surface area contributed by atoms with Crippen LogP contribution in [0.25, 0.3) is 5.76 Å². The minimum atomic E-state index is -0.663. The SMILES string of the molecule is COc1ccc([C@@H]2/C(=C(\O)c3ccccc3)C(=O)C(=O)N2CCN2CCOCC2)cc1. The molecule has 0 aromatic heterocycles. The summed E-state index contributed by atoms with van der Waals surface area (Å²) in [5, 5.41) is 11.0. The Balaban J connectivity index is 1.72. The van der Waals surface area contributed by atoms with E-state index in [2.05, 4.69) is 4.90 Å². The Morgan fingerprint density at radius 1 is 1.03 bits per heavy atom. The Labute approximate surface area is 181 Å². The molecule has 2 fully saturated rings. The number of likely N-dealkylation sites (tertiary alicyclic amines) is 1. The summed E-state index contributed by atoms with van der Waals surface area (Å²) in [6, 6.07) is 15.4. The highest BCUT2D eigenvalue weighted by molar-refractivity contribution is 6.46. The number of rotatable bonds is 6. The Morgan fingerprint density at radius 3 is 2.35 bits per heavy atom. The molecule has 31 heavy (non-hydrogen) atoms. The lowest BCUT2D eigenvalue weighted by Crippen LogP contribution is -2.42. The Bertz CT molecular complexity index is 965. The zero-order valence-electron chi connectivity index (χ0n) is 17.5. The van der Waals surface area contributed by atoms with Crippen molar-refractivity contribution in [2.45, 2.75) is 6.04 Å². The minimum Gasteiger partial charge on any atom is -0.507 e. The summed E-state index contributed by atoms with van der Waals surface area (Å²) < 4.78 is 10.6. The Hall–Kier alpha value is -3.16. The summed E-state index contributed by atoms with van der Waals surface area (Å²) in [5.74, 6) is -0.735. The van der Waals surface area contributed by atoms with Crippen LogP contribution in [0, 0.1) is 0 Å². The van der Waals surface area contributed by atoms with Crippen molar-refractivity contribution in [1.29, 1.82) is 0 Å². The summed E-state index contributed by atoms with van der Waals surface area (Å²) >= 11 is 0. The fraction of sp³-hybridized carbons (Fsp3) is 0.333. The molecule has 0 aliphatic carbocycles. The number of Topliss-reactive ketones (excluding diaryl/α,β-unsaturated/α-hetero) is 1. The maximum Gasteiger partial charge on any atom is 0.295 e. The number of hydrogen-bond acceptors (Lipinski definition) is 6. The summed E-state index contributed by atoms with van der Waals surface area (Å²) in [5.41, 5.74) is 1.37. The highest BCUT2D eigenvalue weighted by Gasteiger charge is 2.46. The van der Waals surface area contributed by atoms with E-state index in [0.29, 0.717) is 37.6 Å². The van der Waals surface area contributed by atoms with Gasteiger partial charge in [0.1, 0.15) is 11.5 Å². The van der Waals surface area contributed by atoms with Gasteiger partial charge in [-0.25, -0.2) is 0 Å². The van der Waals surface area contributed by atoms with Crippen LogP contribution in [0.2, 0.25) is 0 Å². The van der Waals surface area contributed by atoms with Crippen LogP contribution in [0.5, 0.6) is 5.75 Å². The van der Waals surface area contributed by atoms with Crippen LogP contribution >= 0.6 is 0 Å². The van der Waals surface area contributed by atoms with E-state index < -0.39 is 17.7 Å². The zero-order valence-corrected chi connectivity index (χ0v) is 17.5. The number of carbonyl (C=O) groups excluding carboxylic acids is 2. The molecular formula is C24H26N2O5. The molecule has 7 heteroatoms. The van der Waals surface area contributed by atoms with E-state index in [4.69, 9.17) is 9.47 Å². The first-order valence-electron chi connectivity index (χ1n) is 10.4. The number of hydrogen-bond donors (Lipinski definition) is 1. The lowest BCUT2D eigenvalue weighted by molar-refractivity contribution is -0.140. The van der Waals surface area contributed by atoms with E-state index in [1.165, 1.54) is 0 Å². The van der Waals surface area contributed by atoms with Gasteiger partial charge >= 0.3 is 0 Å². The first-order chi connectivity index (χ1) is 15.1. The largest absolute Gasteiger partial charge is 0.507 e. The zero-order chi connectivity index (χ0) is 21.8. The fourth-order valence-electron chi connectivity index (χ4n) is 4.07. The number of carbonyl (C=O) groups is 2. The van der Waals surface area contributed by atoms with E-state index in [0.717, 1.165) is 18.7 Å². The van der Waals surface area contributed by atoms with Gasteiger partial charge in [0.2, 0.25) is 0 Å². The third-order valence-corrected chi connectivity index (χ3v) is 5.78. The van der Waals surface area contributed by atoms with E-state index in [9.17, 15) is 14.7 Å². The predicted molar refractivity (Wildman–Crippen MR) is 116 cm³/mol. The van der Waals surface area contributed by atoms with Crippen LogP contribution < -0.4 is 4.74 Å². The molecule has 2 aliphatic rings. The smallest absolute Gasteiger partial charge is 0.295 e. The van der Waals surface area contributed by atoms with Crippen molar-refractivity contribution in [2.75, 3.05) is 46.5 Å². The molecule has 1 amide bonds. The van der Waals surface area contributed by atoms with Crippen LogP contribution in [0.15, 0.2) is 60.2 Å². The fourth-order valence-corrected chi connectivity index (χ4v) is 4.07. The molecule has 2 heterocycles. The van der Waals surface area contributed by atoms with E-state index >= 15 is 0 Å². The van der Waals surface area contributed by atoms with Crippen molar-refractivity contribution >= 4 is 17.4 Å².